The molecule has 0 fully saturated rings. The summed E-state index contributed by atoms with van der Waals surface area (Å²) >= 11 is 12.0. The Bertz CT molecular complexity index is 869. The molecule has 0 radical (unpaired) electrons. The molecule has 5 nitrogen and oxygen atoms in total. The number of benzene rings is 2. The van der Waals surface area contributed by atoms with Crippen LogP contribution >= 0.6 is 23.2 Å². The molecule has 0 saturated carbocycles. The molecule has 1 unspecified atom stereocenters. The summed E-state index contributed by atoms with van der Waals surface area (Å²) in [6, 6.07) is 11.2. The van der Waals surface area contributed by atoms with Gasteiger partial charge in [0, 0.05) is 0 Å². The molecule has 0 aromatic heterocycles. The summed E-state index contributed by atoms with van der Waals surface area (Å²) in [5.74, 6) is -0.399. The summed E-state index contributed by atoms with van der Waals surface area (Å²) in [7, 11) is -3.43. The van der Waals surface area contributed by atoms with Crippen LogP contribution in [-0.2, 0) is 10.0 Å². The predicted molar refractivity (Wildman–Crippen MR) is 97.3 cm³/mol. The molecular weight excluding hydrogens is 371 g/mol. The van der Waals surface area contributed by atoms with Gasteiger partial charge in [0.15, 0.2) is 0 Å². The van der Waals surface area contributed by atoms with Crippen molar-refractivity contribution >= 4 is 44.8 Å². The van der Waals surface area contributed by atoms with E-state index in [0.717, 1.165) is 6.26 Å². The first-order chi connectivity index (χ1) is 11.2. The van der Waals surface area contributed by atoms with Crippen molar-refractivity contribution < 1.29 is 13.2 Å². The second kappa shape index (κ2) is 7.42. The maximum atomic E-state index is 12.4. The molecule has 8 heteroatoms. The first kappa shape index (κ1) is 18.6. The van der Waals surface area contributed by atoms with E-state index in [2.05, 4.69) is 10.0 Å². The minimum Gasteiger partial charge on any atom is -0.345 e. The molecule has 1 amide bonds. The third-order valence-electron chi connectivity index (χ3n) is 3.27. The van der Waals surface area contributed by atoms with Crippen LogP contribution in [0.3, 0.4) is 0 Å². The lowest BCUT2D eigenvalue weighted by molar-refractivity contribution is 0.0940. The Morgan fingerprint density at radius 3 is 2.42 bits per heavy atom. The Balaban J connectivity index is 2.25. The third kappa shape index (κ3) is 4.63. The van der Waals surface area contributed by atoms with Gasteiger partial charge in [-0.05, 0) is 30.7 Å². The molecule has 1 atom stereocenters. The van der Waals surface area contributed by atoms with Gasteiger partial charge in [0.05, 0.1) is 33.6 Å². The van der Waals surface area contributed by atoms with Gasteiger partial charge in [-0.1, -0.05) is 47.5 Å². The fourth-order valence-corrected chi connectivity index (χ4v) is 3.17. The van der Waals surface area contributed by atoms with E-state index in [4.69, 9.17) is 23.2 Å². The minimum atomic E-state index is -3.43. The number of hydrogen-bond acceptors (Lipinski definition) is 3. The molecule has 0 aliphatic carbocycles. The summed E-state index contributed by atoms with van der Waals surface area (Å²) in [6.07, 6.45) is 1.07. The van der Waals surface area contributed by atoms with E-state index in [1.54, 1.807) is 49.4 Å². The molecule has 2 N–H and O–H groups in total. The first-order valence-electron chi connectivity index (χ1n) is 7.00. The largest absolute Gasteiger partial charge is 0.345 e. The molecule has 0 saturated heterocycles. The number of para-hydroxylation sites is 1. The average molecular weight is 387 g/mol. The highest BCUT2D eigenvalue weighted by Crippen LogP contribution is 2.27. The van der Waals surface area contributed by atoms with Crippen LogP contribution in [0.25, 0.3) is 0 Å². The standard InChI is InChI=1S/C16H16Cl2N2O3S/c1-10(11-6-3-4-9-14(11)20-24(2,22)23)19-16(21)12-7-5-8-13(17)15(12)18/h3-10,20H,1-2H3,(H,19,21). The second-order valence-electron chi connectivity index (χ2n) is 5.26. The van der Waals surface area contributed by atoms with Crippen molar-refractivity contribution in [3.63, 3.8) is 0 Å². The SMILES string of the molecule is CC(NC(=O)c1cccc(Cl)c1Cl)c1ccccc1NS(C)(=O)=O. The van der Waals surface area contributed by atoms with Gasteiger partial charge in [-0.15, -0.1) is 0 Å². The molecule has 24 heavy (non-hydrogen) atoms. The third-order valence-corrected chi connectivity index (χ3v) is 4.68. The number of carbonyl (C=O) groups excluding carboxylic acids is 1. The summed E-state index contributed by atoms with van der Waals surface area (Å²) in [6.45, 7) is 1.75. The molecule has 0 aliphatic rings. The summed E-state index contributed by atoms with van der Waals surface area (Å²) in [5, 5.41) is 3.25. The van der Waals surface area contributed by atoms with Crippen molar-refractivity contribution in [2.24, 2.45) is 0 Å². The maximum absolute atomic E-state index is 12.4. The number of anilines is 1. The normalized spacial score (nSPS) is 12.5. The Kier molecular flexibility index (Phi) is 5.74. The number of nitrogens with one attached hydrogen (secondary N) is 2. The monoisotopic (exact) mass is 386 g/mol. The predicted octanol–water partition coefficient (Wildman–Crippen LogP) is 3.86. The molecule has 0 bridgehead atoms. The van der Waals surface area contributed by atoms with Crippen molar-refractivity contribution in [3.05, 3.63) is 63.6 Å². The molecule has 128 valence electrons. The van der Waals surface area contributed by atoms with Crippen molar-refractivity contribution in [3.8, 4) is 0 Å². The van der Waals surface area contributed by atoms with Crippen LogP contribution in [0, 0.1) is 0 Å². The molecule has 2 aromatic rings. The number of rotatable bonds is 5. The van der Waals surface area contributed by atoms with Crippen LogP contribution in [0.1, 0.15) is 28.9 Å². The molecular formula is C16H16Cl2N2O3S. The number of sulfonamides is 1. The van der Waals surface area contributed by atoms with E-state index in [-0.39, 0.29) is 15.6 Å². The summed E-state index contributed by atoms with van der Waals surface area (Å²) in [4.78, 5) is 12.4. The van der Waals surface area contributed by atoms with Crippen molar-refractivity contribution in [2.45, 2.75) is 13.0 Å². The number of halogens is 2. The highest BCUT2D eigenvalue weighted by Gasteiger charge is 2.18. The quantitative estimate of drug-likeness (QED) is 0.818. The lowest BCUT2D eigenvalue weighted by Gasteiger charge is -2.19. The van der Waals surface area contributed by atoms with E-state index < -0.39 is 22.0 Å². The summed E-state index contributed by atoms with van der Waals surface area (Å²) < 4.78 is 25.4. The van der Waals surface area contributed by atoms with Crippen LogP contribution in [0.4, 0.5) is 5.69 Å². The topological polar surface area (TPSA) is 75.3 Å². The van der Waals surface area contributed by atoms with Gasteiger partial charge in [0.25, 0.3) is 5.91 Å². The lowest BCUT2D eigenvalue weighted by atomic mass is 10.1. The lowest BCUT2D eigenvalue weighted by Crippen LogP contribution is -2.27. The van der Waals surface area contributed by atoms with Gasteiger partial charge in [-0.25, -0.2) is 8.42 Å². The number of amides is 1. The highest BCUT2D eigenvalue weighted by atomic mass is 35.5. The minimum absolute atomic E-state index is 0.173. The fourth-order valence-electron chi connectivity index (χ4n) is 2.20. The van der Waals surface area contributed by atoms with Crippen LogP contribution in [0.15, 0.2) is 42.5 Å². The van der Waals surface area contributed by atoms with Crippen LogP contribution in [0.5, 0.6) is 0 Å². The van der Waals surface area contributed by atoms with E-state index in [1.165, 1.54) is 0 Å². The van der Waals surface area contributed by atoms with Crippen molar-refractivity contribution in [2.75, 3.05) is 11.0 Å². The molecule has 0 heterocycles. The van der Waals surface area contributed by atoms with Gasteiger partial charge in [-0.2, -0.15) is 0 Å². The second-order valence-corrected chi connectivity index (χ2v) is 7.79. The highest BCUT2D eigenvalue weighted by molar-refractivity contribution is 7.92. The molecule has 0 aliphatic heterocycles. The van der Waals surface area contributed by atoms with Crippen molar-refractivity contribution in [1.82, 2.24) is 5.32 Å². The summed E-state index contributed by atoms with van der Waals surface area (Å²) in [5.41, 5.74) is 1.30. The number of hydrogen-bond donors (Lipinski definition) is 2. The Morgan fingerprint density at radius 2 is 1.75 bits per heavy atom. The zero-order chi connectivity index (χ0) is 17.9. The van der Waals surface area contributed by atoms with E-state index in [9.17, 15) is 13.2 Å². The zero-order valence-corrected chi connectivity index (χ0v) is 15.3. The molecule has 0 spiro atoms. The first-order valence-corrected chi connectivity index (χ1v) is 9.65. The molecule has 2 rings (SSSR count). The van der Waals surface area contributed by atoms with Crippen molar-refractivity contribution in [1.29, 1.82) is 0 Å². The van der Waals surface area contributed by atoms with Gasteiger partial charge < -0.3 is 5.32 Å². The Hall–Kier alpha value is -1.76. The van der Waals surface area contributed by atoms with Gasteiger partial charge >= 0.3 is 0 Å². The maximum Gasteiger partial charge on any atom is 0.253 e. The van der Waals surface area contributed by atoms with Gasteiger partial charge in [-0.3, -0.25) is 9.52 Å². The zero-order valence-electron chi connectivity index (χ0n) is 13.0. The Labute approximate surface area is 151 Å². The van der Waals surface area contributed by atoms with E-state index >= 15 is 0 Å². The van der Waals surface area contributed by atoms with Crippen LogP contribution in [0.2, 0.25) is 10.0 Å². The molecule has 2 aromatic carbocycles. The number of carbonyl (C=O) groups is 1. The fraction of sp³-hybridized carbons (Fsp3) is 0.188. The van der Waals surface area contributed by atoms with E-state index in [1.807, 2.05) is 0 Å². The van der Waals surface area contributed by atoms with Gasteiger partial charge in [0.2, 0.25) is 10.0 Å². The van der Waals surface area contributed by atoms with Crippen LogP contribution < -0.4 is 10.0 Å². The Morgan fingerprint density at radius 1 is 1.08 bits per heavy atom. The van der Waals surface area contributed by atoms with Gasteiger partial charge in [0.1, 0.15) is 0 Å². The van der Waals surface area contributed by atoms with E-state index in [0.29, 0.717) is 11.3 Å². The smallest absolute Gasteiger partial charge is 0.253 e. The van der Waals surface area contributed by atoms with Crippen LogP contribution in [-0.4, -0.2) is 20.6 Å². The average Bonchev–Trinajstić information content (AvgIpc) is 2.48.